The molecule has 1 aliphatic rings. The first-order valence-electron chi connectivity index (χ1n) is 13.2. The van der Waals surface area contributed by atoms with Crippen molar-refractivity contribution >= 4 is 38.4 Å². The van der Waals surface area contributed by atoms with Crippen molar-refractivity contribution in [2.24, 2.45) is 0 Å². The Morgan fingerprint density at radius 1 is 0.929 bits per heavy atom. The fourth-order valence-electron chi connectivity index (χ4n) is 5.21. The van der Waals surface area contributed by atoms with Gasteiger partial charge >= 0.3 is 0 Å². The van der Waals surface area contributed by atoms with Crippen LogP contribution in [0.3, 0.4) is 0 Å². The summed E-state index contributed by atoms with van der Waals surface area (Å²) in [5, 5.41) is 9.76. The van der Waals surface area contributed by atoms with Crippen molar-refractivity contribution in [3.63, 3.8) is 0 Å². The first-order chi connectivity index (χ1) is 20.2. The van der Waals surface area contributed by atoms with Crippen LogP contribution in [-0.2, 0) is 16.4 Å². The number of rotatable bonds is 7. The lowest BCUT2D eigenvalue weighted by Crippen LogP contribution is -2.37. The molecule has 0 saturated carbocycles. The van der Waals surface area contributed by atoms with E-state index in [0.29, 0.717) is 23.7 Å². The van der Waals surface area contributed by atoms with E-state index in [2.05, 4.69) is 20.1 Å². The van der Waals surface area contributed by atoms with Crippen LogP contribution in [0.15, 0.2) is 95.0 Å². The highest BCUT2D eigenvalue weighted by atomic mass is 32.2. The summed E-state index contributed by atoms with van der Waals surface area (Å²) in [5.74, 6) is -2.58. The first kappa shape index (κ1) is 27.3. The molecule has 1 saturated heterocycles. The Hall–Kier alpha value is -4.84. The van der Waals surface area contributed by atoms with Gasteiger partial charge in [-0.05, 0) is 79.6 Å². The number of halogens is 2. The number of fused-ring (bicyclic) bond motifs is 1. The van der Waals surface area contributed by atoms with E-state index in [0.717, 1.165) is 31.5 Å². The molecule has 1 aliphatic heterocycles. The molecule has 2 N–H and O–H groups in total. The average Bonchev–Trinajstić information content (AvgIpc) is 3.74. The average molecular weight is 590 g/mol. The van der Waals surface area contributed by atoms with E-state index in [-0.39, 0.29) is 33.6 Å². The molecule has 1 fully saturated rings. The molecule has 9 nitrogen and oxygen atoms in total. The number of hydrogen-bond acceptors (Lipinski definition) is 5. The van der Waals surface area contributed by atoms with E-state index in [1.54, 1.807) is 24.3 Å². The van der Waals surface area contributed by atoms with Gasteiger partial charge in [-0.25, -0.2) is 17.2 Å². The molecule has 5 aromatic rings. The van der Waals surface area contributed by atoms with Crippen LogP contribution in [-0.4, -0.2) is 52.5 Å². The first-order valence-corrected chi connectivity index (χ1v) is 14.7. The molecule has 42 heavy (non-hydrogen) atoms. The number of likely N-dealkylation sites (tertiary alicyclic amines) is 1. The molecule has 0 unspecified atom stereocenters. The van der Waals surface area contributed by atoms with Crippen molar-refractivity contribution in [1.29, 1.82) is 0 Å². The zero-order chi connectivity index (χ0) is 29.4. The molecule has 6 rings (SSSR count). The zero-order valence-corrected chi connectivity index (χ0v) is 22.9. The molecule has 1 atom stereocenters. The number of aromatic nitrogens is 3. The molecule has 0 bridgehead atoms. The number of H-pyrrole nitrogens is 1. The van der Waals surface area contributed by atoms with Crippen LogP contribution in [0.4, 0.5) is 14.6 Å². The maximum absolute atomic E-state index is 13.7. The second-order valence-corrected chi connectivity index (χ2v) is 12.0. The van der Waals surface area contributed by atoms with Gasteiger partial charge in [0.05, 0.1) is 15.3 Å². The Labute approximate surface area is 239 Å². The van der Waals surface area contributed by atoms with Crippen LogP contribution in [0.5, 0.6) is 0 Å². The number of nitrogens with one attached hydrogen (secondary N) is 2. The minimum Gasteiger partial charge on any atom is -0.352 e. The summed E-state index contributed by atoms with van der Waals surface area (Å²) in [4.78, 5) is 27.4. The minimum absolute atomic E-state index is 0.0718. The summed E-state index contributed by atoms with van der Waals surface area (Å²) in [7, 11) is -4.26. The summed E-state index contributed by atoms with van der Waals surface area (Å²) in [6.07, 6.45) is 5.80. The van der Waals surface area contributed by atoms with E-state index in [1.165, 1.54) is 18.2 Å². The number of benzene rings is 3. The van der Waals surface area contributed by atoms with E-state index < -0.39 is 32.3 Å². The third-order valence-corrected chi connectivity index (χ3v) is 9.07. The molecule has 0 spiro atoms. The number of carbonyl (C=O) groups excluding carboxylic acids is 2. The number of hydrogen-bond donors (Lipinski definition) is 2. The van der Waals surface area contributed by atoms with Crippen LogP contribution in [0.2, 0.25) is 0 Å². The van der Waals surface area contributed by atoms with Gasteiger partial charge in [0.2, 0.25) is 9.84 Å². The lowest BCUT2D eigenvalue weighted by molar-refractivity contribution is 0.0724. The summed E-state index contributed by atoms with van der Waals surface area (Å²) >= 11 is 0. The van der Waals surface area contributed by atoms with Crippen LogP contribution in [0, 0.1) is 11.6 Å². The summed E-state index contributed by atoms with van der Waals surface area (Å²) in [5.41, 5.74) is 1.18. The Morgan fingerprint density at radius 2 is 1.62 bits per heavy atom. The molecule has 12 heteroatoms. The molecule has 3 heterocycles. The largest absolute Gasteiger partial charge is 0.352 e. The predicted octanol–water partition coefficient (Wildman–Crippen LogP) is 5.03. The molecule has 0 radical (unpaired) electrons. The highest BCUT2D eigenvalue weighted by Gasteiger charge is 2.29. The van der Waals surface area contributed by atoms with Gasteiger partial charge in [0.15, 0.2) is 5.82 Å². The van der Waals surface area contributed by atoms with Crippen molar-refractivity contribution in [1.82, 2.24) is 19.7 Å². The quantitative estimate of drug-likeness (QED) is 0.276. The number of anilines is 1. The summed E-state index contributed by atoms with van der Waals surface area (Å²) < 4.78 is 55.6. The number of carbonyl (C=O) groups is 2. The van der Waals surface area contributed by atoms with Gasteiger partial charge in [-0.15, -0.1) is 0 Å². The van der Waals surface area contributed by atoms with Crippen LogP contribution in [0.1, 0.15) is 33.6 Å². The lowest BCUT2D eigenvalue weighted by Gasteiger charge is -2.25. The predicted molar refractivity (Wildman–Crippen MR) is 151 cm³/mol. The van der Waals surface area contributed by atoms with Gasteiger partial charge in [-0.3, -0.25) is 14.7 Å². The monoisotopic (exact) mass is 589 g/mol. The van der Waals surface area contributed by atoms with Crippen molar-refractivity contribution in [3.8, 4) is 0 Å². The highest BCUT2D eigenvalue weighted by Crippen LogP contribution is 2.29. The molecule has 3 aromatic carbocycles. The normalized spacial score (nSPS) is 15.3. The Kier molecular flexibility index (Phi) is 7.07. The van der Waals surface area contributed by atoms with Gasteiger partial charge in [-0.1, -0.05) is 0 Å². The molecular weight excluding hydrogens is 564 g/mol. The lowest BCUT2D eigenvalue weighted by atomic mass is 10.1. The zero-order valence-electron chi connectivity index (χ0n) is 22.1. The highest BCUT2D eigenvalue weighted by molar-refractivity contribution is 7.91. The van der Waals surface area contributed by atoms with Crippen LogP contribution in [0.25, 0.3) is 10.9 Å². The van der Waals surface area contributed by atoms with Gasteiger partial charge < -0.3 is 14.8 Å². The third kappa shape index (κ3) is 5.28. The Bertz CT molecular complexity index is 1880. The molecule has 2 aromatic heterocycles. The van der Waals surface area contributed by atoms with Crippen LogP contribution < -0.4 is 5.32 Å². The van der Waals surface area contributed by atoms with Crippen molar-refractivity contribution < 1.29 is 26.8 Å². The number of aromatic amines is 1. The molecular formula is C30H25F2N5O4S. The van der Waals surface area contributed by atoms with Gasteiger partial charge in [0, 0.05) is 54.1 Å². The topological polar surface area (TPSA) is 117 Å². The maximum Gasteiger partial charge on any atom is 0.256 e. The van der Waals surface area contributed by atoms with Crippen molar-refractivity contribution in [2.75, 3.05) is 11.9 Å². The fourth-order valence-corrected chi connectivity index (χ4v) is 6.54. The Morgan fingerprint density at radius 3 is 2.33 bits per heavy atom. The van der Waals surface area contributed by atoms with E-state index in [4.69, 9.17) is 0 Å². The van der Waals surface area contributed by atoms with Gasteiger partial charge in [0.1, 0.15) is 11.6 Å². The van der Waals surface area contributed by atoms with Gasteiger partial charge in [-0.2, -0.15) is 5.10 Å². The Balaban J connectivity index is 1.19. The number of sulfone groups is 1. The van der Waals surface area contributed by atoms with Crippen LogP contribution >= 0.6 is 0 Å². The molecule has 2 amide bonds. The van der Waals surface area contributed by atoms with Gasteiger partial charge in [0.25, 0.3) is 11.8 Å². The summed E-state index contributed by atoms with van der Waals surface area (Å²) in [6, 6.07) is 16.4. The molecule has 214 valence electrons. The second kappa shape index (κ2) is 10.9. The third-order valence-electron chi connectivity index (χ3n) is 7.34. The maximum atomic E-state index is 13.7. The van der Waals surface area contributed by atoms with E-state index >= 15 is 0 Å². The smallest absolute Gasteiger partial charge is 0.256 e. The molecule has 0 aliphatic carbocycles. The number of amides is 2. The second-order valence-electron chi connectivity index (χ2n) is 10.1. The number of nitrogens with zero attached hydrogens (tertiary/aromatic N) is 3. The van der Waals surface area contributed by atoms with Crippen molar-refractivity contribution in [3.05, 3.63) is 108 Å². The van der Waals surface area contributed by atoms with E-state index in [1.807, 2.05) is 29.4 Å². The fraction of sp³-hybridized carbons (Fsp3) is 0.167. The summed E-state index contributed by atoms with van der Waals surface area (Å²) in [6.45, 7) is 1.39. The van der Waals surface area contributed by atoms with Crippen molar-refractivity contribution in [2.45, 2.75) is 35.2 Å². The minimum atomic E-state index is -4.26. The standard InChI is InChI=1S/C30H25F2N5O4S/c31-21-14-22(32)16-25(15-21)42(40,41)24-9-10-27-26(17-24)28(35-34-27)33-29(38)19-5-7-20(8-6-19)30(39)37-13-3-4-23(37)18-36-11-1-2-12-36/h1-2,5-12,14-17,23H,3-4,13,18H2,(H2,33,34,35,38)/t23-/m0/s1. The SMILES string of the molecule is O=C(Nc1n[nH]c2ccc(S(=O)(=O)c3cc(F)cc(F)c3)cc12)c1ccc(C(=O)N2CCC[C@H]2Cn2cccc2)cc1. The van der Waals surface area contributed by atoms with E-state index in [9.17, 15) is 26.8 Å².